The van der Waals surface area contributed by atoms with Crippen molar-refractivity contribution in [2.24, 2.45) is 5.18 Å². The van der Waals surface area contributed by atoms with Crippen molar-refractivity contribution < 1.29 is 9.13 Å². The Morgan fingerprint density at radius 1 is 1.54 bits per heavy atom. The average molecular weight is 183 g/mol. The topological polar surface area (TPSA) is 38.7 Å². The highest BCUT2D eigenvalue weighted by Crippen LogP contribution is 2.23. The molecule has 1 rings (SSSR count). The molecular formula is C9H10FNO2. The lowest BCUT2D eigenvalue weighted by Crippen LogP contribution is -1.93. The highest BCUT2D eigenvalue weighted by atomic mass is 19.1. The van der Waals surface area contributed by atoms with Crippen LogP contribution in [0.25, 0.3) is 0 Å². The van der Waals surface area contributed by atoms with Crippen LogP contribution in [0, 0.1) is 10.7 Å². The standard InChI is InChI=1S/C9H10FNO2/c1-6(11-12)7-3-4-8(10)9(5-7)13-2/h3-6H,1-2H3. The summed E-state index contributed by atoms with van der Waals surface area (Å²) in [5.74, 6) is -0.308. The molecule has 3 nitrogen and oxygen atoms in total. The van der Waals surface area contributed by atoms with E-state index in [1.165, 1.54) is 25.3 Å². The van der Waals surface area contributed by atoms with E-state index >= 15 is 0 Å². The first-order valence-electron chi connectivity index (χ1n) is 3.85. The molecule has 0 N–H and O–H groups in total. The van der Waals surface area contributed by atoms with Gasteiger partial charge in [-0.15, -0.1) is 0 Å². The van der Waals surface area contributed by atoms with Crippen molar-refractivity contribution in [2.45, 2.75) is 13.0 Å². The van der Waals surface area contributed by atoms with Crippen LogP contribution in [-0.2, 0) is 0 Å². The molecule has 0 bridgehead atoms. The molecule has 0 aliphatic carbocycles. The molecule has 0 spiro atoms. The van der Waals surface area contributed by atoms with Crippen LogP contribution in [0.1, 0.15) is 18.5 Å². The first kappa shape index (κ1) is 9.64. The molecule has 1 aromatic rings. The van der Waals surface area contributed by atoms with Crippen LogP contribution < -0.4 is 4.74 Å². The normalized spacial score (nSPS) is 12.2. The average Bonchev–Trinajstić information content (AvgIpc) is 2.17. The molecule has 0 amide bonds. The van der Waals surface area contributed by atoms with E-state index in [2.05, 4.69) is 5.18 Å². The van der Waals surface area contributed by atoms with Crippen molar-refractivity contribution in [3.63, 3.8) is 0 Å². The second-order valence-electron chi connectivity index (χ2n) is 2.68. The maximum Gasteiger partial charge on any atom is 0.165 e. The van der Waals surface area contributed by atoms with Crippen LogP contribution in [0.4, 0.5) is 4.39 Å². The lowest BCUT2D eigenvalue weighted by atomic mass is 10.1. The molecule has 1 unspecified atom stereocenters. The zero-order valence-electron chi connectivity index (χ0n) is 7.45. The molecule has 0 fully saturated rings. The lowest BCUT2D eigenvalue weighted by molar-refractivity contribution is 0.385. The molecule has 70 valence electrons. The predicted molar refractivity (Wildman–Crippen MR) is 47.2 cm³/mol. The quantitative estimate of drug-likeness (QED) is 0.675. The number of rotatable bonds is 3. The molecule has 4 heteroatoms. The number of hydrogen-bond acceptors (Lipinski definition) is 3. The Balaban J connectivity index is 3.05. The van der Waals surface area contributed by atoms with Gasteiger partial charge in [-0.1, -0.05) is 11.2 Å². The Bertz CT molecular complexity index is 314. The van der Waals surface area contributed by atoms with Crippen molar-refractivity contribution in [1.29, 1.82) is 0 Å². The summed E-state index contributed by atoms with van der Waals surface area (Å²) in [5.41, 5.74) is 0.647. The van der Waals surface area contributed by atoms with Gasteiger partial charge in [0.25, 0.3) is 0 Å². The summed E-state index contributed by atoms with van der Waals surface area (Å²) in [6, 6.07) is 3.77. The fraction of sp³-hybridized carbons (Fsp3) is 0.333. The van der Waals surface area contributed by atoms with Gasteiger partial charge in [-0.2, -0.15) is 4.91 Å². The summed E-state index contributed by atoms with van der Waals surface area (Å²) >= 11 is 0. The van der Waals surface area contributed by atoms with E-state index in [1.807, 2.05) is 0 Å². The van der Waals surface area contributed by atoms with Gasteiger partial charge in [-0.25, -0.2) is 4.39 Å². The Hall–Kier alpha value is -1.45. The number of nitrogens with zero attached hydrogens (tertiary/aromatic N) is 1. The Kier molecular flexibility index (Phi) is 2.95. The van der Waals surface area contributed by atoms with E-state index in [-0.39, 0.29) is 5.75 Å². The van der Waals surface area contributed by atoms with Crippen LogP contribution in [0.3, 0.4) is 0 Å². The monoisotopic (exact) mass is 183 g/mol. The van der Waals surface area contributed by atoms with Gasteiger partial charge in [0.1, 0.15) is 6.04 Å². The minimum absolute atomic E-state index is 0.132. The molecule has 0 saturated heterocycles. The van der Waals surface area contributed by atoms with E-state index < -0.39 is 11.9 Å². The van der Waals surface area contributed by atoms with Gasteiger partial charge in [0.15, 0.2) is 11.6 Å². The van der Waals surface area contributed by atoms with Gasteiger partial charge in [0.2, 0.25) is 0 Å². The van der Waals surface area contributed by atoms with Crippen molar-refractivity contribution in [3.05, 3.63) is 34.5 Å². The van der Waals surface area contributed by atoms with Gasteiger partial charge in [-0.05, 0) is 24.6 Å². The zero-order valence-corrected chi connectivity index (χ0v) is 7.45. The molecule has 13 heavy (non-hydrogen) atoms. The third-order valence-corrected chi connectivity index (χ3v) is 1.82. The highest BCUT2D eigenvalue weighted by molar-refractivity contribution is 5.31. The number of halogens is 1. The van der Waals surface area contributed by atoms with Crippen molar-refractivity contribution in [1.82, 2.24) is 0 Å². The first-order valence-corrected chi connectivity index (χ1v) is 3.85. The van der Waals surface area contributed by atoms with Gasteiger partial charge in [-0.3, -0.25) is 0 Å². The van der Waals surface area contributed by atoms with Crippen LogP contribution in [0.2, 0.25) is 0 Å². The summed E-state index contributed by atoms with van der Waals surface area (Å²) in [5, 5.41) is 2.84. The van der Waals surface area contributed by atoms with E-state index in [9.17, 15) is 9.30 Å². The van der Waals surface area contributed by atoms with E-state index in [4.69, 9.17) is 4.74 Å². The molecule has 0 aromatic heterocycles. The zero-order chi connectivity index (χ0) is 9.84. The number of hydrogen-bond donors (Lipinski definition) is 0. The lowest BCUT2D eigenvalue weighted by Gasteiger charge is -2.06. The Labute approximate surface area is 75.5 Å². The van der Waals surface area contributed by atoms with E-state index in [1.54, 1.807) is 6.92 Å². The fourth-order valence-corrected chi connectivity index (χ4v) is 0.997. The molecule has 1 aromatic carbocycles. The van der Waals surface area contributed by atoms with Gasteiger partial charge in [0, 0.05) is 0 Å². The summed E-state index contributed by atoms with van der Waals surface area (Å²) in [6.07, 6.45) is 0. The van der Waals surface area contributed by atoms with E-state index in [0.29, 0.717) is 5.56 Å². The fourth-order valence-electron chi connectivity index (χ4n) is 0.997. The van der Waals surface area contributed by atoms with Crippen molar-refractivity contribution in [2.75, 3.05) is 7.11 Å². The van der Waals surface area contributed by atoms with Crippen molar-refractivity contribution in [3.8, 4) is 5.75 Å². The number of methoxy groups -OCH3 is 1. The summed E-state index contributed by atoms with van der Waals surface area (Å²) < 4.78 is 17.7. The van der Waals surface area contributed by atoms with Crippen LogP contribution in [-0.4, -0.2) is 7.11 Å². The minimum atomic E-state index is -0.477. The van der Waals surface area contributed by atoms with Crippen LogP contribution in [0.5, 0.6) is 5.75 Å². The highest BCUT2D eigenvalue weighted by Gasteiger charge is 2.08. The second-order valence-corrected chi connectivity index (χ2v) is 2.68. The summed E-state index contributed by atoms with van der Waals surface area (Å²) in [4.78, 5) is 10.2. The minimum Gasteiger partial charge on any atom is -0.494 e. The maximum atomic E-state index is 12.9. The Morgan fingerprint density at radius 2 is 2.23 bits per heavy atom. The van der Waals surface area contributed by atoms with Crippen LogP contribution in [0.15, 0.2) is 23.4 Å². The van der Waals surface area contributed by atoms with Crippen molar-refractivity contribution >= 4 is 0 Å². The molecule has 0 saturated carbocycles. The van der Waals surface area contributed by atoms with Gasteiger partial charge in [0.05, 0.1) is 7.11 Å². The third kappa shape index (κ3) is 2.02. The molecular weight excluding hydrogens is 173 g/mol. The molecule has 1 atom stereocenters. The first-order chi connectivity index (χ1) is 6.19. The molecule has 0 aliphatic heterocycles. The largest absolute Gasteiger partial charge is 0.494 e. The summed E-state index contributed by atoms with van der Waals surface area (Å²) in [6.45, 7) is 1.64. The van der Waals surface area contributed by atoms with E-state index in [0.717, 1.165) is 0 Å². The number of nitroso groups, excluding NO2 is 1. The number of ether oxygens (including phenoxy) is 1. The third-order valence-electron chi connectivity index (χ3n) is 1.82. The second kappa shape index (κ2) is 3.98. The maximum absolute atomic E-state index is 12.9. The molecule has 0 radical (unpaired) electrons. The van der Waals surface area contributed by atoms with Crippen LogP contribution >= 0.6 is 0 Å². The van der Waals surface area contributed by atoms with Gasteiger partial charge < -0.3 is 4.74 Å². The predicted octanol–water partition coefficient (Wildman–Crippen LogP) is 2.66. The van der Waals surface area contributed by atoms with Gasteiger partial charge >= 0.3 is 0 Å². The molecule has 0 heterocycles. The SMILES string of the molecule is COc1cc(C(C)N=O)ccc1F. The summed E-state index contributed by atoms with van der Waals surface area (Å²) in [7, 11) is 1.38. The Morgan fingerprint density at radius 3 is 2.77 bits per heavy atom. The smallest absolute Gasteiger partial charge is 0.165 e. The molecule has 0 aliphatic rings. The number of benzene rings is 1.